The van der Waals surface area contributed by atoms with Crippen LogP contribution in [-0.4, -0.2) is 20.6 Å². The molecular formula is C11H10ClNO2S2. The van der Waals surface area contributed by atoms with E-state index in [4.69, 9.17) is 11.6 Å². The second kappa shape index (κ2) is 5.27. The molecule has 0 fully saturated rings. The number of aliphatic hydroxyl groups is 1. The van der Waals surface area contributed by atoms with Gasteiger partial charge in [-0.05, 0) is 17.7 Å². The Morgan fingerprint density at radius 3 is 2.53 bits per heavy atom. The molecule has 2 unspecified atom stereocenters. The molecule has 2 atom stereocenters. The molecule has 3 nitrogen and oxygen atoms in total. The van der Waals surface area contributed by atoms with Crippen LogP contribution in [0.25, 0.3) is 0 Å². The van der Waals surface area contributed by atoms with Gasteiger partial charge in [-0.2, -0.15) is 0 Å². The molecule has 0 radical (unpaired) electrons. The molecule has 0 aliphatic heterocycles. The largest absolute Gasteiger partial charge is 0.383 e. The number of rotatable bonds is 3. The number of aromatic nitrogens is 1. The Hall–Kier alpha value is -0.750. The number of hydrogen-bond acceptors (Lipinski definition) is 4. The molecule has 1 N–H and O–H groups in total. The van der Waals surface area contributed by atoms with Crippen molar-refractivity contribution in [2.75, 3.05) is 6.26 Å². The van der Waals surface area contributed by atoms with Crippen molar-refractivity contribution in [1.82, 2.24) is 4.98 Å². The first-order chi connectivity index (χ1) is 8.08. The Morgan fingerprint density at radius 2 is 2.06 bits per heavy atom. The second-order valence-electron chi connectivity index (χ2n) is 3.44. The Bertz CT molecular complexity index is 539. The summed E-state index contributed by atoms with van der Waals surface area (Å²) in [5.74, 6) is 0. The van der Waals surface area contributed by atoms with Gasteiger partial charge in [0.1, 0.15) is 6.10 Å². The average Bonchev–Trinajstić information content (AvgIpc) is 2.75. The lowest BCUT2D eigenvalue weighted by Crippen LogP contribution is -1.97. The van der Waals surface area contributed by atoms with Crippen molar-refractivity contribution in [2.24, 2.45) is 0 Å². The molecule has 0 bridgehead atoms. The van der Waals surface area contributed by atoms with Crippen molar-refractivity contribution in [3.8, 4) is 0 Å². The van der Waals surface area contributed by atoms with Crippen LogP contribution in [-0.2, 0) is 10.8 Å². The van der Waals surface area contributed by atoms with E-state index in [0.717, 1.165) is 10.5 Å². The summed E-state index contributed by atoms with van der Waals surface area (Å²) in [5, 5.41) is 10.1. The lowest BCUT2D eigenvalue weighted by molar-refractivity contribution is 0.224. The van der Waals surface area contributed by atoms with Crippen molar-refractivity contribution in [1.29, 1.82) is 0 Å². The molecule has 0 aliphatic rings. The van der Waals surface area contributed by atoms with E-state index >= 15 is 0 Å². The van der Waals surface area contributed by atoms with E-state index in [1.165, 1.54) is 11.3 Å². The third kappa shape index (κ3) is 2.93. The number of hydrogen-bond donors (Lipinski definition) is 1. The fourth-order valence-electron chi connectivity index (χ4n) is 1.40. The minimum absolute atomic E-state index is 0.408. The maximum Gasteiger partial charge on any atom is 0.183 e. The smallest absolute Gasteiger partial charge is 0.183 e. The van der Waals surface area contributed by atoms with Crippen LogP contribution in [0.3, 0.4) is 0 Å². The minimum atomic E-state index is -1.00. The van der Waals surface area contributed by atoms with Crippen molar-refractivity contribution in [3.63, 3.8) is 0 Å². The Kier molecular flexibility index (Phi) is 3.93. The van der Waals surface area contributed by atoms with Crippen LogP contribution in [0.15, 0.2) is 35.4 Å². The Balaban J connectivity index is 2.25. The first kappa shape index (κ1) is 12.7. The third-order valence-corrected chi connectivity index (χ3v) is 4.40. The summed E-state index contributed by atoms with van der Waals surface area (Å²) in [4.78, 5) is 5.32. The van der Waals surface area contributed by atoms with Gasteiger partial charge in [-0.25, -0.2) is 4.98 Å². The van der Waals surface area contributed by atoms with Crippen LogP contribution in [0.5, 0.6) is 0 Å². The van der Waals surface area contributed by atoms with Crippen LogP contribution < -0.4 is 0 Å². The molecule has 0 saturated carbocycles. The predicted molar refractivity (Wildman–Crippen MR) is 70.0 cm³/mol. The Labute approximate surface area is 111 Å². The number of nitrogens with zero attached hydrogens (tertiary/aromatic N) is 1. The highest BCUT2D eigenvalue weighted by atomic mass is 35.5. The number of benzene rings is 1. The molecule has 6 heteroatoms. The van der Waals surface area contributed by atoms with Crippen LogP contribution in [0, 0.1) is 0 Å². The average molecular weight is 288 g/mol. The quantitative estimate of drug-likeness (QED) is 0.944. The second-order valence-corrected chi connectivity index (χ2v) is 6.47. The standard InChI is InChI=1S/C11H10ClNO2S2/c1-17(15)8-4-2-7(3-5-8)10(14)9-6-13-11(12)16-9/h2-6,10,14H,1H3. The summed E-state index contributed by atoms with van der Waals surface area (Å²) in [5.41, 5.74) is 0.736. The predicted octanol–water partition coefficient (Wildman–Crippen LogP) is 2.62. The van der Waals surface area contributed by atoms with Gasteiger partial charge < -0.3 is 5.11 Å². The van der Waals surface area contributed by atoms with E-state index in [2.05, 4.69) is 4.98 Å². The van der Waals surface area contributed by atoms with Crippen molar-refractivity contribution < 1.29 is 9.32 Å². The van der Waals surface area contributed by atoms with Gasteiger partial charge in [0.2, 0.25) is 0 Å². The highest BCUT2D eigenvalue weighted by Gasteiger charge is 2.13. The van der Waals surface area contributed by atoms with E-state index in [0.29, 0.717) is 9.34 Å². The highest BCUT2D eigenvalue weighted by Crippen LogP contribution is 2.29. The van der Waals surface area contributed by atoms with Gasteiger partial charge in [0.05, 0.1) is 4.88 Å². The third-order valence-electron chi connectivity index (χ3n) is 2.29. The molecule has 0 aliphatic carbocycles. The maximum atomic E-state index is 11.2. The van der Waals surface area contributed by atoms with E-state index < -0.39 is 16.9 Å². The molecule has 2 rings (SSSR count). The summed E-state index contributed by atoms with van der Waals surface area (Å²) < 4.78 is 11.6. The molecule has 90 valence electrons. The molecule has 1 aromatic carbocycles. The maximum absolute atomic E-state index is 11.2. The van der Waals surface area contributed by atoms with Crippen LogP contribution >= 0.6 is 22.9 Å². The number of thiazole rings is 1. The van der Waals surface area contributed by atoms with E-state index in [-0.39, 0.29) is 0 Å². The minimum Gasteiger partial charge on any atom is -0.383 e. The van der Waals surface area contributed by atoms with Gasteiger partial charge in [0, 0.05) is 28.1 Å². The molecule has 2 aromatic rings. The summed E-state index contributed by atoms with van der Waals surface area (Å²) in [6, 6.07) is 7.01. The zero-order chi connectivity index (χ0) is 12.4. The Morgan fingerprint density at radius 1 is 1.41 bits per heavy atom. The molecule has 1 aromatic heterocycles. The fraction of sp³-hybridized carbons (Fsp3) is 0.182. The van der Waals surface area contributed by atoms with Crippen LogP contribution in [0.4, 0.5) is 0 Å². The van der Waals surface area contributed by atoms with Gasteiger partial charge in [0.25, 0.3) is 0 Å². The fourth-order valence-corrected chi connectivity index (χ4v) is 2.89. The highest BCUT2D eigenvalue weighted by molar-refractivity contribution is 7.84. The van der Waals surface area contributed by atoms with E-state index in [1.54, 1.807) is 36.7 Å². The zero-order valence-electron chi connectivity index (χ0n) is 8.96. The van der Waals surface area contributed by atoms with Crippen molar-refractivity contribution >= 4 is 33.7 Å². The normalized spacial score (nSPS) is 14.5. The molecule has 0 saturated heterocycles. The topological polar surface area (TPSA) is 50.2 Å². The summed E-state index contributed by atoms with van der Waals surface area (Å²) in [6.45, 7) is 0. The molecule has 0 amide bonds. The molecule has 1 heterocycles. The molecular weight excluding hydrogens is 278 g/mol. The first-order valence-electron chi connectivity index (χ1n) is 4.80. The van der Waals surface area contributed by atoms with Gasteiger partial charge >= 0.3 is 0 Å². The SMILES string of the molecule is CS(=O)c1ccc(C(O)c2cnc(Cl)s2)cc1. The lowest BCUT2D eigenvalue weighted by atomic mass is 10.1. The molecule has 17 heavy (non-hydrogen) atoms. The van der Waals surface area contributed by atoms with E-state index in [9.17, 15) is 9.32 Å². The van der Waals surface area contributed by atoms with E-state index in [1.807, 2.05) is 0 Å². The summed E-state index contributed by atoms with van der Waals surface area (Å²) in [6.07, 6.45) is 2.44. The van der Waals surface area contributed by atoms with Gasteiger partial charge in [-0.3, -0.25) is 4.21 Å². The first-order valence-corrected chi connectivity index (χ1v) is 7.56. The zero-order valence-corrected chi connectivity index (χ0v) is 11.4. The van der Waals surface area contributed by atoms with Crippen LogP contribution in [0.2, 0.25) is 4.47 Å². The summed E-state index contributed by atoms with van der Waals surface area (Å²) >= 11 is 6.96. The number of aliphatic hydroxyl groups excluding tert-OH is 1. The van der Waals surface area contributed by atoms with Gasteiger partial charge in [-0.15, -0.1) is 11.3 Å². The molecule has 0 spiro atoms. The van der Waals surface area contributed by atoms with Gasteiger partial charge in [-0.1, -0.05) is 23.7 Å². The van der Waals surface area contributed by atoms with Crippen LogP contribution in [0.1, 0.15) is 16.5 Å². The number of halogens is 1. The monoisotopic (exact) mass is 287 g/mol. The van der Waals surface area contributed by atoms with Gasteiger partial charge in [0.15, 0.2) is 4.47 Å². The van der Waals surface area contributed by atoms with Crippen molar-refractivity contribution in [2.45, 2.75) is 11.0 Å². The summed E-state index contributed by atoms with van der Waals surface area (Å²) in [7, 11) is -1.00. The van der Waals surface area contributed by atoms with Crippen molar-refractivity contribution in [3.05, 3.63) is 45.4 Å². The lowest BCUT2D eigenvalue weighted by Gasteiger charge is -2.08.